The van der Waals surface area contributed by atoms with Gasteiger partial charge in [-0.25, -0.2) is 0 Å². The highest BCUT2D eigenvalue weighted by Crippen LogP contribution is 2.78. The van der Waals surface area contributed by atoms with Gasteiger partial charge in [0.25, 0.3) is 0 Å². The van der Waals surface area contributed by atoms with Gasteiger partial charge in [-0.3, -0.25) is 14.4 Å². The van der Waals surface area contributed by atoms with Crippen molar-refractivity contribution in [1.82, 2.24) is 0 Å². The van der Waals surface area contributed by atoms with Gasteiger partial charge in [-0.2, -0.15) is 0 Å². The molecule has 40 heavy (non-hydrogen) atoms. The molecule has 0 aromatic carbocycles. The number of fused-ring (bicyclic) bond motifs is 1. The van der Waals surface area contributed by atoms with Gasteiger partial charge < -0.3 is 9.84 Å². The van der Waals surface area contributed by atoms with Crippen molar-refractivity contribution in [3.63, 3.8) is 0 Å². The van der Waals surface area contributed by atoms with Crippen LogP contribution in [0.3, 0.4) is 0 Å². The number of rotatable bonds is 11. The highest BCUT2D eigenvalue weighted by molar-refractivity contribution is 6.28. The zero-order valence-corrected chi connectivity index (χ0v) is 26.8. The lowest BCUT2D eigenvalue weighted by molar-refractivity contribution is -0.317. The standard InChI is InChI=1S/C35H52O5/c1-22(2)13-12-18-31(11)27(15-14-23(3)4)21-32(19-16-24(5)6)29(37)33(20-17-25(7)8)30(38)34(31,28(36)26(9)10)35(32,39)40-33/h13-14,16-17,26-27,39H,12,15,18-21H2,1-11H3/t27-,31+,32+,33?,34+,35?/m0/s1. The first-order valence-corrected chi connectivity index (χ1v) is 15.0. The molecule has 0 amide bonds. The van der Waals surface area contributed by atoms with E-state index in [1.807, 2.05) is 74.5 Å². The summed E-state index contributed by atoms with van der Waals surface area (Å²) in [6, 6.07) is 0. The average Bonchev–Trinajstić information content (AvgIpc) is 3.17. The molecule has 5 heteroatoms. The van der Waals surface area contributed by atoms with Crippen molar-refractivity contribution in [3.8, 4) is 0 Å². The molecule has 3 aliphatic rings. The predicted octanol–water partition coefficient (Wildman–Crippen LogP) is 7.64. The summed E-state index contributed by atoms with van der Waals surface area (Å²) in [5, 5.41) is 13.0. The molecule has 3 fully saturated rings. The van der Waals surface area contributed by atoms with Crippen molar-refractivity contribution < 1.29 is 24.2 Å². The van der Waals surface area contributed by atoms with E-state index in [2.05, 4.69) is 12.2 Å². The first-order chi connectivity index (χ1) is 18.4. The Morgan fingerprint density at radius 3 is 1.90 bits per heavy atom. The fraction of sp³-hybridized carbons (Fsp3) is 0.686. The van der Waals surface area contributed by atoms with Crippen LogP contribution in [0.1, 0.15) is 115 Å². The summed E-state index contributed by atoms with van der Waals surface area (Å²) in [7, 11) is 0. The van der Waals surface area contributed by atoms with E-state index in [-0.39, 0.29) is 30.3 Å². The topological polar surface area (TPSA) is 80.7 Å². The first kappa shape index (κ1) is 32.4. The van der Waals surface area contributed by atoms with Crippen molar-refractivity contribution >= 4 is 17.3 Å². The quantitative estimate of drug-likeness (QED) is 0.210. The number of aliphatic hydroxyl groups is 1. The smallest absolute Gasteiger partial charge is 0.201 e. The Morgan fingerprint density at radius 2 is 1.40 bits per heavy atom. The second-order valence-corrected chi connectivity index (χ2v) is 14.2. The summed E-state index contributed by atoms with van der Waals surface area (Å²) < 4.78 is 6.53. The molecule has 6 atom stereocenters. The largest absolute Gasteiger partial charge is 0.363 e. The van der Waals surface area contributed by atoms with Gasteiger partial charge in [-0.1, -0.05) is 67.4 Å². The molecule has 222 valence electrons. The fourth-order valence-corrected chi connectivity index (χ4v) is 7.84. The third kappa shape index (κ3) is 4.38. The normalized spacial score (nSPS) is 36.0. The summed E-state index contributed by atoms with van der Waals surface area (Å²) in [5.74, 6) is -4.13. The van der Waals surface area contributed by atoms with Crippen molar-refractivity contribution in [3.05, 3.63) is 46.6 Å². The minimum absolute atomic E-state index is 0.0295. The molecule has 3 rings (SSSR count). The van der Waals surface area contributed by atoms with Gasteiger partial charge in [0.05, 0.1) is 5.41 Å². The molecule has 1 aliphatic carbocycles. The zero-order chi connectivity index (χ0) is 30.5. The molecule has 5 nitrogen and oxygen atoms in total. The van der Waals surface area contributed by atoms with E-state index in [0.29, 0.717) is 25.7 Å². The van der Waals surface area contributed by atoms with Gasteiger partial charge in [0.1, 0.15) is 0 Å². The number of allylic oxidation sites excluding steroid dienone is 7. The maximum absolute atomic E-state index is 15.1. The predicted molar refractivity (Wildman–Crippen MR) is 161 cm³/mol. The van der Waals surface area contributed by atoms with Gasteiger partial charge in [-0.15, -0.1) is 0 Å². The Kier molecular flexibility index (Phi) is 8.87. The lowest BCUT2D eigenvalue weighted by Gasteiger charge is -2.64. The maximum atomic E-state index is 15.1. The lowest BCUT2D eigenvalue weighted by Crippen LogP contribution is -2.78. The second kappa shape index (κ2) is 10.9. The van der Waals surface area contributed by atoms with Crippen LogP contribution in [0, 0.1) is 28.1 Å². The number of hydrogen-bond donors (Lipinski definition) is 1. The lowest BCUT2D eigenvalue weighted by atomic mass is 9.35. The number of carbonyl (C=O) groups is 3. The Balaban J connectivity index is 2.48. The van der Waals surface area contributed by atoms with Crippen LogP contribution in [-0.4, -0.2) is 33.8 Å². The molecule has 2 bridgehead atoms. The molecule has 2 aliphatic heterocycles. The molecule has 0 spiro atoms. The van der Waals surface area contributed by atoms with Crippen LogP contribution in [-0.2, 0) is 19.1 Å². The summed E-state index contributed by atoms with van der Waals surface area (Å²) in [5.41, 5.74) is -1.80. The van der Waals surface area contributed by atoms with E-state index in [1.165, 1.54) is 0 Å². The van der Waals surface area contributed by atoms with Gasteiger partial charge >= 0.3 is 0 Å². The summed E-state index contributed by atoms with van der Waals surface area (Å²) in [6.07, 6.45) is 10.5. The van der Waals surface area contributed by atoms with Gasteiger partial charge in [-0.05, 0) is 98.8 Å². The molecule has 1 N–H and O–H groups in total. The van der Waals surface area contributed by atoms with E-state index in [0.717, 1.165) is 22.3 Å². The number of ketones is 3. The third-order valence-electron chi connectivity index (χ3n) is 9.92. The first-order valence-electron chi connectivity index (χ1n) is 15.0. The average molecular weight is 553 g/mol. The molecular formula is C35H52O5. The number of ether oxygens (including phenoxy) is 1. The SMILES string of the molecule is CC(C)=CCC[C@]1(C)[C@@H](CC=C(C)C)C[C@]2(CC=C(C)C)C(=O)C3(CC=C(C)C)OC2(O)[C@]1(C(=O)C(C)C)C3=O. The van der Waals surface area contributed by atoms with E-state index < -0.39 is 39.3 Å². The third-order valence-corrected chi connectivity index (χ3v) is 9.92. The van der Waals surface area contributed by atoms with Crippen LogP contribution < -0.4 is 0 Å². The van der Waals surface area contributed by atoms with Crippen LogP contribution in [0.2, 0.25) is 0 Å². The zero-order valence-electron chi connectivity index (χ0n) is 26.8. The van der Waals surface area contributed by atoms with Crippen LogP contribution in [0.5, 0.6) is 0 Å². The molecule has 2 heterocycles. The van der Waals surface area contributed by atoms with Crippen molar-refractivity contribution in [1.29, 1.82) is 0 Å². The number of Topliss-reactive ketones (excluding diaryl/α,β-unsaturated/α-hetero) is 3. The van der Waals surface area contributed by atoms with E-state index in [9.17, 15) is 14.7 Å². The Labute approximate surface area is 242 Å². The summed E-state index contributed by atoms with van der Waals surface area (Å²) in [4.78, 5) is 44.5. The molecular weight excluding hydrogens is 500 g/mol. The van der Waals surface area contributed by atoms with Gasteiger partial charge in [0.15, 0.2) is 28.4 Å². The minimum Gasteiger partial charge on any atom is -0.363 e. The fourth-order valence-electron chi connectivity index (χ4n) is 7.84. The van der Waals surface area contributed by atoms with Crippen molar-refractivity contribution in [2.24, 2.45) is 28.1 Å². The summed E-state index contributed by atoms with van der Waals surface area (Å²) >= 11 is 0. The van der Waals surface area contributed by atoms with Gasteiger partial charge in [0.2, 0.25) is 5.79 Å². The van der Waals surface area contributed by atoms with Crippen LogP contribution in [0.4, 0.5) is 0 Å². The second-order valence-electron chi connectivity index (χ2n) is 14.2. The molecule has 0 aromatic heterocycles. The van der Waals surface area contributed by atoms with Crippen LogP contribution in [0.15, 0.2) is 46.6 Å². The molecule has 0 radical (unpaired) electrons. The van der Waals surface area contributed by atoms with Gasteiger partial charge in [0, 0.05) is 12.3 Å². The Hall–Kier alpha value is -2.11. The van der Waals surface area contributed by atoms with Crippen LogP contribution in [0.25, 0.3) is 0 Å². The number of hydrogen-bond acceptors (Lipinski definition) is 5. The minimum atomic E-state index is -2.22. The molecule has 1 saturated carbocycles. The Morgan fingerprint density at radius 1 is 0.875 bits per heavy atom. The van der Waals surface area contributed by atoms with Crippen LogP contribution >= 0.6 is 0 Å². The summed E-state index contributed by atoms with van der Waals surface area (Å²) in [6.45, 7) is 21.5. The molecule has 0 aromatic rings. The highest BCUT2D eigenvalue weighted by atomic mass is 16.7. The highest BCUT2D eigenvalue weighted by Gasteiger charge is 2.94. The maximum Gasteiger partial charge on any atom is 0.201 e. The van der Waals surface area contributed by atoms with E-state index in [1.54, 1.807) is 13.8 Å². The number of carbonyl (C=O) groups excluding carboxylic acids is 3. The van der Waals surface area contributed by atoms with E-state index in [4.69, 9.17) is 4.74 Å². The van der Waals surface area contributed by atoms with Crippen molar-refractivity contribution in [2.75, 3.05) is 0 Å². The monoisotopic (exact) mass is 552 g/mol. The molecule has 2 saturated heterocycles. The van der Waals surface area contributed by atoms with E-state index >= 15 is 4.79 Å². The Bertz CT molecular complexity index is 1180. The molecule has 2 unspecified atom stereocenters. The van der Waals surface area contributed by atoms with Crippen molar-refractivity contribution in [2.45, 2.75) is 126 Å².